The molecule has 1 aromatic rings. The van der Waals surface area contributed by atoms with Crippen LogP contribution in [-0.2, 0) is 4.79 Å². The van der Waals surface area contributed by atoms with E-state index in [1.165, 1.54) is 0 Å². The molecule has 0 radical (unpaired) electrons. The molecule has 0 bridgehead atoms. The fourth-order valence-electron chi connectivity index (χ4n) is 2.84. The number of hydrogen-bond donors (Lipinski definition) is 3. The Bertz CT molecular complexity index is 530. The zero-order valence-electron chi connectivity index (χ0n) is 12.3. The van der Waals surface area contributed by atoms with Crippen molar-refractivity contribution >= 4 is 29.1 Å². The Hall–Kier alpha value is -0.810. The van der Waals surface area contributed by atoms with Gasteiger partial charge in [-0.2, -0.15) is 0 Å². The maximum atomic E-state index is 12.0. The molecule has 2 rings (SSSR count). The second kappa shape index (κ2) is 7.64. The molecule has 0 aliphatic heterocycles. The number of rotatable bonds is 5. The van der Waals surface area contributed by atoms with Gasteiger partial charge < -0.3 is 15.5 Å². The Balaban J connectivity index is 1.85. The van der Waals surface area contributed by atoms with Gasteiger partial charge in [0.2, 0.25) is 5.91 Å². The summed E-state index contributed by atoms with van der Waals surface area (Å²) in [6.07, 6.45) is 3.50. The maximum Gasteiger partial charge on any atom is 0.222 e. The number of nitrogens with one attached hydrogen (secondary N) is 1. The lowest BCUT2D eigenvalue weighted by Crippen LogP contribution is -2.39. The Morgan fingerprint density at radius 2 is 1.95 bits per heavy atom. The molecule has 1 atom stereocenters. The minimum absolute atomic E-state index is 0.0519. The van der Waals surface area contributed by atoms with Gasteiger partial charge in [-0.25, -0.2) is 0 Å². The van der Waals surface area contributed by atoms with Crippen molar-refractivity contribution in [2.45, 2.75) is 50.2 Å². The third-order valence-corrected chi connectivity index (χ3v) is 4.65. The smallest absolute Gasteiger partial charge is 0.222 e. The van der Waals surface area contributed by atoms with E-state index in [-0.39, 0.29) is 18.9 Å². The van der Waals surface area contributed by atoms with Crippen LogP contribution in [0.25, 0.3) is 0 Å². The van der Waals surface area contributed by atoms with E-state index in [1.807, 2.05) is 0 Å². The molecule has 1 aliphatic carbocycles. The zero-order valence-corrected chi connectivity index (χ0v) is 13.8. The summed E-state index contributed by atoms with van der Waals surface area (Å²) in [4.78, 5) is 12.0. The number of halogens is 2. The molecule has 0 heterocycles. The zero-order chi connectivity index (χ0) is 16.2. The molecule has 1 fully saturated rings. The first-order chi connectivity index (χ1) is 10.4. The third kappa shape index (κ3) is 4.85. The van der Waals surface area contributed by atoms with E-state index in [0.29, 0.717) is 28.5 Å². The molecule has 6 heteroatoms. The van der Waals surface area contributed by atoms with Crippen molar-refractivity contribution in [2.24, 2.45) is 0 Å². The summed E-state index contributed by atoms with van der Waals surface area (Å²) < 4.78 is 0. The summed E-state index contributed by atoms with van der Waals surface area (Å²) in [6, 6.07) is 4.82. The number of aliphatic hydroxyl groups excluding tert-OH is 1. The minimum atomic E-state index is -0.908. The van der Waals surface area contributed by atoms with Crippen molar-refractivity contribution in [3.8, 4) is 0 Å². The van der Waals surface area contributed by atoms with E-state index >= 15 is 0 Å². The Labute approximate surface area is 140 Å². The quantitative estimate of drug-likeness (QED) is 0.767. The van der Waals surface area contributed by atoms with Crippen molar-refractivity contribution in [1.82, 2.24) is 5.32 Å². The number of amides is 1. The molecule has 122 valence electrons. The standard InChI is InChI=1S/C16H21Cl2NO3/c17-11-4-5-12(13(18)8-11)14(20)10-19-15(21)9-16(22)6-2-1-3-7-16/h4-5,8,14,20,22H,1-3,6-7,9-10H2,(H,19,21). The number of carbonyl (C=O) groups is 1. The maximum absolute atomic E-state index is 12.0. The number of hydrogen-bond acceptors (Lipinski definition) is 3. The van der Waals surface area contributed by atoms with Gasteiger partial charge in [0, 0.05) is 22.2 Å². The summed E-state index contributed by atoms with van der Waals surface area (Å²) in [6.45, 7) is 0.0519. The van der Waals surface area contributed by atoms with Gasteiger partial charge in [0.15, 0.2) is 0 Å². The Kier molecular flexibility index (Phi) is 6.09. The third-order valence-electron chi connectivity index (χ3n) is 4.09. The molecular weight excluding hydrogens is 325 g/mol. The highest BCUT2D eigenvalue weighted by Gasteiger charge is 2.31. The predicted octanol–water partition coefficient (Wildman–Crippen LogP) is 3.23. The molecule has 1 unspecified atom stereocenters. The van der Waals surface area contributed by atoms with Crippen LogP contribution in [0.2, 0.25) is 10.0 Å². The largest absolute Gasteiger partial charge is 0.389 e. The van der Waals surface area contributed by atoms with E-state index in [9.17, 15) is 15.0 Å². The lowest BCUT2D eigenvalue weighted by atomic mass is 9.82. The summed E-state index contributed by atoms with van der Waals surface area (Å²) in [7, 11) is 0. The van der Waals surface area contributed by atoms with Gasteiger partial charge in [0.05, 0.1) is 18.1 Å². The molecule has 1 amide bonds. The molecule has 3 N–H and O–H groups in total. The lowest BCUT2D eigenvalue weighted by molar-refractivity contribution is -0.127. The topological polar surface area (TPSA) is 69.6 Å². The second-order valence-electron chi connectivity index (χ2n) is 5.95. The summed E-state index contributed by atoms with van der Waals surface area (Å²) >= 11 is 11.8. The molecule has 4 nitrogen and oxygen atoms in total. The van der Waals surface area contributed by atoms with Gasteiger partial charge in [0.25, 0.3) is 0 Å². The highest BCUT2D eigenvalue weighted by atomic mass is 35.5. The van der Waals surface area contributed by atoms with E-state index in [1.54, 1.807) is 18.2 Å². The van der Waals surface area contributed by atoms with E-state index in [2.05, 4.69) is 5.32 Å². The molecule has 0 saturated heterocycles. The highest BCUT2D eigenvalue weighted by molar-refractivity contribution is 6.35. The van der Waals surface area contributed by atoms with Crippen molar-refractivity contribution in [3.05, 3.63) is 33.8 Å². The van der Waals surface area contributed by atoms with Gasteiger partial charge in [-0.05, 0) is 25.0 Å². The summed E-state index contributed by atoms with van der Waals surface area (Å²) in [5, 5.41) is 24.0. The minimum Gasteiger partial charge on any atom is -0.389 e. The highest BCUT2D eigenvalue weighted by Crippen LogP contribution is 2.31. The molecule has 1 aromatic carbocycles. The van der Waals surface area contributed by atoms with Crippen LogP contribution in [0.15, 0.2) is 18.2 Å². The number of benzene rings is 1. The van der Waals surface area contributed by atoms with Crippen molar-refractivity contribution in [2.75, 3.05) is 6.54 Å². The van der Waals surface area contributed by atoms with E-state index in [4.69, 9.17) is 23.2 Å². The molecule has 0 aromatic heterocycles. The second-order valence-corrected chi connectivity index (χ2v) is 6.79. The van der Waals surface area contributed by atoms with Crippen molar-refractivity contribution < 1.29 is 15.0 Å². The predicted molar refractivity (Wildman–Crippen MR) is 87.1 cm³/mol. The van der Waals surface area contributed by atoms with Gasteiger partial charge in [-0.15, -0.1) is 0 Å². The number of aliphatic hydroxyl groups is 2. The first-order valence-electron chi connectivity index (χ1n) is 7.52. The first kappa shape index (κ1) is 17.5. The fourth-order valence-corrected chi connectivity index (χ4v) is 3.37. The van der Waals surface area contributed by atoms with Crippen LogP contribution in [0.3, 0.4) is 0 Å². The SMILES string of the molecule is O=C(CC1(O)CCCCC1)NCC(O)c1ccc(Cl)cc1Cl. The normalized spacial score (nSPS) is 18.7. The van der Waals surface area contributed by atoms with Crippen LogP contribution in [-0.4, -0.2) is 28.3 Å². The van der Waals surface area contributed by atoms with Crippen molar-refractivity contribution in [3.63, 3.8) is 0 Å². The van der Waals surface area contributed by atoms with Crippen LogP contribution in [0.5, 0.6) is 0 Å². The number of carbonyl (C=O) groups excluding carboxylic acids is 1. The van der Waals surface area contributed by atoms with Crippen LogP contribution < -0.4 is 5.32 Å². The van der Waals surface area contributed by atoms with Crippen LogP contribution in [0, 0.1) is 0 Å². The summed E-state index contributed by atoms with van der Waals surface area (Å²) in [5.74, 6) is -0.256. The van der Waals surface area contributed by atoms with Gasteiger partial charge >= 0.3 is 0 Å². The van der Waals surface area contributed by atoms with Crippen LogP contribution in [0.4, 0.5) is 0 Å². The Morgan fingerprint density at radius 1 is 1.27 bits per heavy atom. The lowest BCUT2D eigenvalue weighted by Gasteiger charge is -2.31. The average Bonchev–Trinajstić information content (AvgIpc) is 2.45. The fraction of sp³-hybridized carbons (Fsp3) is 0.562. The van der Waals surface area contributed by atoms with Crippen LogP contribution in [0.1, 0.15) is 50.2 Å². The van der Waals surface area contributed by atoms with Gasteiger partial charge in [-0.1, -0.05) is 48.5 Å². The van der Waals surface area contributed by atoms with Crippen LogP contribution >= 0.6 is 23.2 Å². The van der Waals surface area contributed by atoms with E-state index < -0.39 is 11.7 Å². The Morgan fingerprint density at radius 3 is 2.59 bits per heavy atom. The monoisotopic (exact) mass is 345 g/mol. The molecule has 1 saturated carbocycles. The average molecular weight is 346 g/mol. The molecule has 1 aliphatic rings. The molecule has 22 heavy (non-hydrogen) atoms. The van der Waals surface area contributed by atoms with E-state index in [0.717, 1.165) is 19.3 Å². The van der Waals surface area contributed by atoms with Crippen molar-refractivity contribution in [1.29, 1.82) is 0 Å². The molecule has 0 spiro atoms. The molecular formula is C16H21Cl2NO3. The summed E-state index contributed by atoms with van der Waals surface area (Å²) in [5.41, 5.74) is -0.381. The van der Waals surface area contributed by atoms with Gasteiger partial charge in [0.1, 0.15) is 0 Å². The first-order valence-corrected chi connectivity index (χ1v) is 8.27. The van der Waals surface area contributed by atoms with Gasteiger partial charge in [-0.3, -0.25) is 4.79 Å².